The molecule has 1 atom stereocenters. The molecular weight excluding hydrogens is 213 g/mol. The maximum Gasteiger partial charge on any atom is 0.131 e. The zero-order valence-corrected chi connectivity index (χ0v) is 9.99. The molecular formula is C15H16FN. The molecule has 1 nitrogen and oxygen atoms in total. The first kappa shape index (κ1) is 10.7. The van der Waals surface area contributed by atoms with Crippen molar-refractivity contribution in [2.45, 2.75) is 12.3 Å². The van der Waals surface area contributed by atoms with Crippen LogP contribution in [0.25, 0.3) is 10.8 Å². The smallest absolute Gasteiger partial charge is 0.131 e. The van der Waals surface area contributed by atoms with E-state index in [0.717, 1.165) is 23.9 Å². The molecule has 0 amide bonds. The summed E-state index contributed by atoms with van der Waals surface area (Å²) in [6.07, 6.45) is 1.17. The monoisotopic (exact) mass is 229 g/mol. The van der Waals surface area contributed by atoms with E-state index in [1.54, 1.807) is 6.07 Å². The van der Waals surface area contributed by atoms with Crippen molar-refractivity contribution in [2.24, 2.45) is 0 Å². The number of rotatable bonds is 1. The maximum atomic E-state index is 13.7. The molecule has 0 radical (unpaired) electrons. The summed E-state index contributed by atoms with van der Waals surface area (Å²) >= 11 is 0. The summed E-state index contributed by atoms with van der Waals surface area (Å²) in [5.41, 5.74) is 1.30. The number of nitrogens with zero attached hydrogens (tertiary/aromatic N) is 1. The molecule has 1 unspecified atom stereocenters. The quantitative estimate of drug-likeness (QED) is 0.724. The molecule has 0 bridgehead atoms. The average Bonchev–Trinajstić information content (AvgIpc) is 2.77. The highest BCUT2D eigenvalue weighted by molar-refractivity contribution is 5.86. The van der Waals surface area contributed by atoms with Gasteiger partial charge in [0.25, 0.3) is 0 Å². The first-order chi connectivity index (χ1) is 8.25. The van der Waals surface area contributed by atoms with Gasteiger partial charge in [0.2, 0.25) is 0 Å². The molecule has 88 valence electrons. The van der Waals surface area contributed by atoms with E-state index in [2.05, 4.69) is 11.9 Å². The molecule has 1 saturated heterocycles. The van der Waals surface area contributed by atoms with Crippen molar-refractivity contribution in [1.29, 1.82) is 0 Å². The summed E-state index contributed by atoms with van der Waals surface area (Å²) in [5.74, 6) is 0.432. The van der Waals surface area contributed by atoms with Crippen LogP contribution < -0.4 is 0 Å². The minimum absolute atomic E-state index is 0.115. The molecule has 2 heteroatoms. The van der Waals surface area contributed by atoms with Crippen molar-refractivity contribution in [1.82, 2.24) is 4.90 Å². The van der Waals surface area contributed by atoms with Crippen LogP contribution in [0.5, 0.6) is 0 Å². The summed E-state index contributed by atoms with van der Waals surface area (Å²) in [6, 6.07) is 11.4. The highest BCUT2D eigenvalue weighted by Gasteiger charge is 2.22. The standard InChI is InChI=1S/C15H16FN/c1-17-9-8-11(10-17)12-6-7-15(16)14-5-3-2-4-13(12)14/h2-7,11H,8-10H2,1H3. The normalized spacial score (nSPS) is 21.2. The van der Waals surface area contributed by atoms with Gasteiger partial charge in [-0.15, -0.1) is 0 Å². The van der Waals surface area contributed by atoms with Gasteiger partial charge in [0.05, 0.1) is 0 Å². The molecule has 1 aliphatic rings. The highest BCUT2D eigenvalue weighted by Crippen LogP contribution is 2.32. The summed E-state index contributed by atoms with van der Waals surface area (Å²) in [7, 11) is 2.14. The first-order valence-electron chi connectivity index (χ1n) is 6.11. The SMILES string of the molecule is CN1CCC(c2ccc(F)c3ccccc23)C1. The number of likely N-dealkylation sites (N-methyl/N-ethyl adjacent to an activating group) is 1. The molecule has 2 aromatic rings. The molecule has 0 saturated carbocycles. The number of halogens is 1. The van der Waals surface area contributed by atoms with Crippen LogP contribution in [0.3, 0.4) is 0 Å². The minimum atomic E-state index is -0.115. The van der Waals surface area contributed by atoms with E-state index in [1.807, 2.05) is 30.3 Å². The summed E-state index contributed by atoms with van der Waals surface area (Å²) in [5, 5.41) is 1.83. The van der Waals surface area contributed by atoms with Gasteiger partial charge in [0.15, 0.2) is 0 Å². The second-order valence-electron chi connectivity index (χ2n) is 4.93. The molecule has 1 aliphatic heterocycles. The molecule has 0 aromatic heterocycles. The van der Waals surface area contributed by atoms with Gasteiger partial charge >= 0.3 is 0 Å². The van der Waals surface area contributed by atoms with E-state index in [4.69, 9.17) is 0 Å². The van der Waals surface area contributed by atoms with Gasteiger partial charge in [0.1, 0.15) is 5.82 Å². The number of benzene rings is 2. The molecule has 17 heavy (non-hydrogen) atoms. The maximum absolute atomic E-state index is 13.7. The van der Waals surface area contributed by atoms with Crippen molar-refractivity contribution in [3.63, 3.8) is 0 Å². The van der Waals surface area contributed by atoms with Crippen molar-refractivity contribution in [3.8, 4) is 0 Å². The van der Waals surface area contributed by atoms with Crippen molar-refractivity contribution < 1.29 is 4.39 Å². The van der Waals surface area contributed by atoms with E-state index in [1.165, 1.54) is 12.0 Å². The van der Waals surface area contributed by atoms with Crippen LogP contribution in [0.2, 0.25) is 0 Å². The van der Waals surface area contributed by atoms with Gasteiger partial charge in [-0.25, -0.2) is 4.39 Å². The van der Waals surface area contributed by atoms with Crippen LogP contribution in [0.4, 0.5) is 4.39 Å². The van der Waals surface area contributed by atoms with Gasteiger partial charge in [-0.1, -0.05) is 30.3 Å². The molecule has 3 rings (SSSR count). The predicted octanol–water partition coefficient (Wildman–Crippen LogP) is 3.40. The molecule has 2 aromatic carbocycles. The molecule has 1 heterocycles. The fourth-order valence-corrected chi connectivity index (χ4v) is 2.83. The van der Waals surface area contributed by atoms with Crippen LogP contribution in [0, 0.1) is 5.82 Å². The minimum Gasteiger partial charge on any atom is -0.306 e. The number of hydrogen-bond donors (Lipinski definition) is 0. The summed E-state index contributed by atoms with van der Waals surface area (Å²) < 4.78 is 13.7. The Kier molecular flexibility index (Phi) is 2.60. The Labute approximate surface area is 101 Å². The van der Waals surface area contributed by atoms with Gasteiger partial charge < -0.3 is 4.90 Å². The fourth-order valence-electron chi connectivity index (χ4n) is 2.83. The van der Waals surface area contributed by atoms with Crippen molar-refractivity contribution >= 4 is 10.8 Å². The van der Waals surface area contributed by atoms with Gasteiger partial charge in [-0.2, -0.15) is 0 Å². The number of likely N-dealkylation sites (tertiary alicyclic amines) is 1. The van der Waals surface area contributed by atoms with Crippen LogP contribution in [0.15, 0.2) is 36.4 Å². The second-order valence-corrected chi connectivity index (χ2v) is 4.93. The van der Waals surface area contributed by atoms with Crippen LogP contribution in [-0.4, -0.2) is 25.0 Å². The van der Waals surface area contributed by atoms with E-state index in [-0.39, 0.29) is 5.82 Å². The molecule has 0 spiro atoms. The Morgan fingerprint density at radius 3 is 2.59 bits per heavy atom. The van der Waals surface area contributed by atoms with Crippen LogP contribution in [0.1, 0.15) is 17.9 Å². The highest BCUT2D eigenvalue weighted by atomic mass is 19.1. The van der Waals surface area contributed by atoms with E-state index >= 15 is 0 Å². The largest absolute Gasteiger partial charge is 0.306 e. The Morgan fingerprint density at radius 1 is 1.12 bits per heavy atom. The van der Waals surface area contributed by atoms with E-state index < -0.39 is 0 Å². The molecule has 1 fully saturated rings. The third-order valence-electron chi connectivity index (χ3n) is 3.74. The number of hydrogen-bond acceptors (Lipinski definition) is 1. The predicted molar refractivity (Wildman–Crippen MR) is 68.8 cm³/mol. The lowest BCUT2D eigenvalue weighted by Gasteiger charge is -2.14. The summed E-state index contributed by atoms with van der Waals surface area (Å²) in [6.45, 7) is 2.21. The van der Waals surface area contributed by atoms with Gasteiger partial charge in [-0.05, 0) is 42.9 Å². The lowest BCUT2D eigenvalue weighted by molar-refractivity contribution is 0.412. The fraction of sp³-hybridized carbons (Fsp3) is 0.333. The van der Waals surface area contributed by atoms with Crippen LogP contribution >= 0.6 is 0 Å². The zero-order valence-electron chi connectivity index (χ0n) is 9.99. The Bertz CT molecular complexity index is 550. The van der Waals surface area contributed by atoms with Crippen molar-refractivity contribution in [2.75, 3.05) is 20.1 Å². The second kappa shape index (κ2) is 4.11. The van der Waals surface area contributed by atoms with Crippen molar-refractivity contribution in [3.05, 3.63) is 47.8 Å². The topological polar surface area (TPSA) is 3.24 Å². The van der Waals surface area contributed by atoms with E-state index in [0.29, 0.717) is 5.92 Å². The van der Waals surface area contributed by atoms with Gasteiger partial charge in [0, 0.05) is 11.9 Å². The van der Waals surface area contributed by atoms with E-state index in [9.17, 15) is 4.39 Å². The summed E-state index contributed by atoms with van der Waals surface area (Å²) in [4.78, 5) is 2.34. The average molecular weight is 229 g/mol. The van der Waals surface area contributed by atoms with Gasteiger partial charge in [-0.3, -0.25) is 0 Å². The first-order valence-corrected chi connectivity index (χ1v) is 6.11. The lowest BCUT2D eigenvalue weighted by atomic mass is 9.92. The van der Waals surface area contributed by atoms with Crippen LogP contribution in [-0.2, 0) is 0 Å². The number of fused-ring (bicyclic) bond motifs is 1. The molecule has 0 aliphatic carbocycles. The Balaban J connectivity index is 2.14. The Morgan fingerprint density at radius 2 is 1.88 bits per heavy atom. The Hall–Kier alpha value is -1.41. The third kappa shape index (κ3) is 1.83. The zero-order chi connectivity index (χ0) is 11.8. The molecule has 0 N–H and O–H groups in total. The lowest BCUT2D eigenvalue weighted by Crippen LogP contribution is -2.13. The third-order valence-corrected chi connectivity index (χ3v) is 3.74.